The van der Waals surface area contributed by atoms with Gasteiger partial charge < -0.3 is 20.4 Å². The molecule has 4 N–H and O–H groups in total. The van der Waals surface area contributed by atoms with Gasteiger partial charge in [-0.1, -0.05) is 72.8 Å². The highest BCUT2D eigenvalue weighted by Crippen LogP contribution is 2.04. The van der Waals surface area contributed by atoms with Gasteiger partial charge in [0.2, 0.25) is 0 Å². The average molecular weight is 407 g/mol. The SMILES string of the molecule is Oc1ccccc1.Oc1ccccc1.Oc1ccccc1.Oc1ccccc1[SiH3]. The van der Waals surface area contributed by atoms with Crippen molar-refractivity contribution in [3.8, 4) is 23.0 Å². The Morgan fingerprint density at radius 2 is 0.655 bits per heavy atom. The van der Waals surface area contributed by atoms with Crippen molar-refractivity contribution in [2.75, 3.05) is 0 Å². The Hall–Kier alpha value is -3.70. The molecule has 0 unspecified atom stereocenters. The molecule has 150 valence electrons. The van der Waals surface area contributed by atoms with Gasteiger partial charge in [0, 0.05) is 10.2 Å². The van der Waals surface area contributed by atoms with Crippen molar-refractivity contribution in [1.82, 2.24) is 0 Å². The van der Waals surface area contributed by atoms with E-state index in [9.17, 15) is 0 Å². The maximum Gasteiger partial charge on any atom is 0.115 e. The molecule has 0 radical (unpaired) electrons. The van der Waals surface area contributed by atoms with E-state index in [-0.39, 0.29) is 0 Å². The molecule has 4 rings (SSSR count). The van der Waals surface area contributed by atoms with Gasteiger partial charge in [-0.2, -0.15) is 0 Å². The van der Waals surface area contributed by atoms with E-state index < -0.39 is 0 Å². The Morgan fingerprint density at radius 1 is 0.379 bits per heavy atom. The van der Waals surface area contributed by atoms with Crippen LogP contribution >= 0.6 is 0 Å². The number of hydrogen-bond donors (Lipinski definition) is 4. The lowest BCUT2D eigenvalue weighted by atomic mass is 10.3. The smallest absolute Gasteiger partial charge is 0.115 e. The van der Waals surface area contributed by atoms with Gasteiger partial charge in [-0.05, 0) is 47.7 Å². The Labute approximate surface area is 174 Å². The van der Waals surface area contributed by atoms with Crippen LogP contribution in [0, 0.1) is 0 Å². The second kappa shape index (κ2) is 14.4. The number of benzene rings is 4. The molecule has 4 nitrogen and oxygen atoms in total. The van der Waals surface area contributed by atoms with E-state index in [0.717, 1.165) is 15.4 Å². The van der Waals surface area contributed by atoms with Crippen LogP contribution in [0.15, 0.2) is 115 Å². The fourth-order valence-electron chi connectivity index (χ4n) is 1.85. The van der Waals surface area contributed by atoms with Crippen LogP contribution in [0.4, 0.5) is 0 Å². The summed E-state index contributed by atoms with van der Waals surface area (Å²) in [7, 11) is 0.926. The topological polar surface area (TPSA) is 80.9 Å². The Morgan fingerprint density at radius 3 is 0.828 bits per heavy atom. The molecule has 0 spiro atoms. The maximum absolute atomic E-state index is 8.95. The number of phenolic OH excluding ortho intramolecular Hbond substituents is 4. The highest BCUT2D eigenvalue weighted by atomic mass is 28.1. The maximum atomic E-state index is 8.95. The first-order valence-electron chi connectivity index (χ1n) is 8.95. The second-order valence-electron chi connectivity index (χ2n) is 5.79. The monoisotopic (exact) mass is 406 g/mol. The van der Waals surface area contributed by atoms with Crippen LogP contribution in [-0.4, -0.2) is 30.7 Å². The molecule has 0 saturated heterocycles. The number of para-hydroxylation sites is 4. The normalized spacial score (nSPS) is 8.83. The highest BCUT2D eigenvalue weighted by Gasteiger charge is 1.86. The molecule has 0 aliphatic heterocycles. The quantitative estimate of drug-likeness (QED) is 0.337. The summed E-state index contributed by atoms with van der Waals surface area (Å²) in [6, 6.07) is 33.5. The van der Waals surface area contributed by atoms with Crippen molar-refractivity contribution in [3.05, 3.63) is 115 Å². The molecule has 0 bridgehead atoms. The molecule has 0 aliphatic rings. The summed E-state index contributed by atoms with van der Waals surface area (Å²) in [5.41, 5.74) is 0. The average Bonchev–Trinajstić information content (AvgIpc) is 2.73. The first-order chi connectivity index (χ1) is 14.0. The zero-order valence-electron chi connectivity index (χ0n) is 16.3. The Kier molecular flexibility index (Phi) is 11.6. The van der Waals surface area contributed by atoms with Gasteiger partial charge in [-0.3, -0.25) is 0 Å². The zero-order chi connectivity index (χ0) is 21.3. The van der Waals surface area contributed by atoms with Gasteiger partial charge in [-0.15, -0.1) is 0 Å². The minimum absolute atomic E-state index is 0.322. The number of hydrogen-bond acceptors (Lipinski definition) is 4. The lowest BCUT2D eigenvalue weighted by Gasteiger charge is -1.92. The van der Waals surface area contributed by atoms with Gasteiger partial charge in [0.1, 0.15) is 23.0 Å². The minimum Gasteiger partial charge on any atom is -0.508 e. The van der Waals surface area contributed by atoms with Gasteiger partial charge in [-0.25, -0.2) is 0 Å². The standard InChI is InChI=1S/C6H8OSi.3C6H6O/c7-5-3-1-2-4-6(5)8;3*7-6-4-2-1-3-5-6/h1-4,7H,8H3;3*1-5,7H. The van der Waals surface area contributed by atoms with Crippen LogP contribution in [-0.2, 0) is 0 Å². The molecule has 0 saturated carbocycles. The number of rotatable bonds is 0. The first-order valence-corrected chi connectivity index (χ1v) is 9.95. The van der Waals surface area contributed by atoms with Crippen molar-refractivity contribution in [1.29, 1.82) is 0 Å². The third-order valence-corrected chi connectivity index (χ3v) is 4.23. The van der Waals surface area contributed by atoms with Crippen molar-refractivity contribution in [3.63, 3.8) is 0 Å². The van der Waals surface area contributed by atoms with Crippen molar-refractivity contribution in [2.45, 2.75) is 0 Å². The molecule has 0 heterocycles. The molecular formula is C24H26O4Si. The van der Waals surface area contributed by atoms with Crippen molar-refractivity contribution in [2.24, 2.45) is 0 Å². The third-order valence-electron chi connectivity index (χ3n) is 3.38. The van der Waals surface area contributed by atoms with E-state index in [2.05, 4.69) is 0 Å². The molecule has 29 heavy (non-hydrogen) atoms. The molecular weight excluding hydrogens is 380 g/mol. The van der Waals surface area contributed by atoms with Crippen LogP contribution in [0.2, 0.25) is 0 Å². The fourth-order valence-corrected chi connectivity index (χ4v) is 2.21. The molecule has 0 amide bonds. The predicted molar refractivity (Wildman–Crippen MR) is 122 cm³/mol. The summed E-state index contributed by atoms with van der Waals surface area (Å²) in [4.78, 5) is 0. The zero-order valence-corrected chi connectivity index (χ0v) is 18.3. The second-order valence-corrected chi connectivity index (χ2v) is 6.87. The van der Waals surface area contributed by atoms with Crippen LogP contribution in [0.1, 0.15) is 0 Å². The fraction of sp³-hybridized carbons (Fsp3) is 0. The third kappa shape index (κ3) is 12.3. The Balaban J connectivity index is 0.000000194. The summed E-state index contributed by atoms with van der Waals surface area (Å²) in [5, 5.41) is 35.9. The van der Waals surface area contributed by atoms with Crippen LogP contribution in [0.25, 0.3) is 0 Å². The molecule has 4 aromatic carbocycles. The summed E-state index contributed by atoms with van der Waals surface area (Å²) in [5.74, 6) is 1.40. The number of phenols is 4. The predicted octanol–water partition coefficient (Wildman–Crippen LogP) is 3.56. The largest absolute Gasteiger partial charge is 0.508 e. The van der Waals surface area contributed by atoms with Crippen molar-refractivity contribution >= 4 is 15.4 Å². The van der Waals surface area contributed by atoms with Crippen LogP contribution < -0.4 is 5.19 Å². The van der Waals surface area contributed by atoms with Crippen LogP contribution in [0.3, 0.4) is 0 Å². The van der Waals surface area contributed by atoms with E-state index in [0.29, 0.717) is 23.0 Å². The lowest BCUT2D eigenvalue weighted by molar-refractivity contribution is 0.475. The Bertz CT molecular complexity index is 791. The molecule has 0 aliphatic carbocycles. The molecule has 0 atom stereocenters. The van der Waals surface area contributed by atoms with E-state index in [1.807, 2.05) is 36.4 Å². The van der Waals surface area contributed by atoms with E-state index in [1.165, 1.54) is 0 Å². The summed E-state index contributed by atoms with van der Waals surface area (Å²) in [6.07, 6.45) is 0. The lowest BCUT2D eigenvalue weighted by Crippen LogP contribution is -1.99. The molecule has 5 heteroatoms. The summed E-state index contributed by atoms with van der Waals surface area (Å²) in [6.45, 7) is 0. The summed E-state index contributed by atoms with van der Waals surface area (Å²) >= 11 is 0. The molecule has 0 fully saturated rings. The first kappa shape index (κ1) is 23.3. The van der Waals surface area contributed by atoms with Gasteiger partial charge >= 0.3 is 0 Å². The van der Waals surface area contributed by atoms with E-state index in [4.69, 9.17) is 20.4 Å². The molecule has 0 aromatic heterocycles. The number of aromatic hydroxyl groups is 4. The van der Waals surface area contributed by atoms with E-state index in [1.54, 1.807) is 78.9 Å². The van der Waals surface area contributed by atoms with E-state index >= 15 is 0 Å². The summed E-state index contributed by atoms with van der Waals surface area (Å²) < 4.78 is 0. The van der Waals surface area contributed by atoms with Crippen molar-refractivity contribution < 1.29 is 20.4 Å². The molecule has 4 aromatic rings. The highest BCUT2D eigenvalue weighted by molar-refractivity contribution is 6.34. The van der Waals surface area contributed by atoms with Gasteiger partial charge in [0.05, 0.1) is 0 Å². The van der Waals surface area contributed by atoms with Gasteiger partial charge in [0.25, 0.3) is 0 Å². The minimum atomic E-state index is 0.322. The van der Waals surface area contributed by atoms with Crippen LogP contribution in [0.5, 0.6) is 23.0 Å². The van der Waals surface area contributed by atoms with Gasteiger partial charge in [0.15, 0.2) is 0 Å².